The van der Waals surface area contributed by atoms with E-state index in [4.69, 9.17) is 4.74 Å². The van der Waals surface area contributed by atoms with Crippen molar-refractivity contribution in [1.82, 2.24) is 5.32 Å². The molecule has 0 spiro atoms. The molecule has 1 N–H and O–H groups in total. The van der Waals surface area contributed by atoms with Crippen LogP contribution >= 0.6 is 27.7 Å². The summed E-state index contributed by atoms with van der Waals surface area (Å²) >= 11 is 5.51. The normalized spacial score (nSPS) is 11.2. The van der Waals surface area contributed by atoms with Crippen LogP contribution in [-0.4, -0.2) is 26.0 Å². The maximum atomic E-state index is 5.05. The molecule has 0 heterocycles. The first-order valence-electron chi connectivity index (χ1n) is 6.74. The van der Waals surface area contributed by atoms with Crippen molar-refractivity contribution < 1.29 is 4.74 Å². The molecule has 108 valence electrons. The molecule has 0 aliphatic heterocycles. The molecule has 19 heavy (non-hydrogen) atoms. The minimum atomic E-state index is 0.756. The van der Waals surface area contributed by atoms with Gasteiger partial charge in [0.15, 0.2) is 0 Å². The molecule has 2 nitrogen and oxygen atoms in total. The summed E-state index contributed by atoms with van der Waals surface area (Å²) in [4.78, 5) is 1.37. The molecule has 0 atom stereocenters. The monoisotopic (exact) mass is 345 g/mol. The Kier molecular flexibility index (Phi) is 8.79. The van der Waals surface area contributed by atoms with E-state index < -0.39 is 0 Å². The fourth-order valence-electron chi connectivity index (χ4n) is 1.61. The van der Waals surface area contributed by atoms with E-state index in [1.165, 1.54) is 22.6 Å². The number of methoxy groups -OCH3 is 1. The highest BCUT2D eigenvalue weighted by Gasteiger charge is 2.05. The molecule has 1 aromatic rings. The fraction of sp³-hybridized carbons (Fsp3) is 0.600. The number of hydrogen-bond acceptors (Lipinski definition) is 3. The van der Waals surface area contributed by atoms with Gasteiger partial charge in [-0.05, 0) is 35.8 Å². The molecule has 0 unspecified atom stereocenters. The third-order valence-corrected chi connectivity index (χ3v) is 4.40. The van der Waals surface area contributed by atoms with Gasteiger partial charge in [0, 0.05) is 29.6 Å². The second-order valence-corrected chi connectivity index (χ2v) is 7.01. The molecule has 0 aliphatic carbocycles. The highest BCUT2D eigenvalue weighted by molar-refractivity contribution is 9.10. The summed E-state index contributed by atoms with van der Waals surface area (Å²) in [6.07, 6.45) is 1.26. The molecular formula is C15H24BrNOS. The number of hydrogen-bond donors (Lipinski definition) is 1. The molecule has 0 fully saturated rings. The summed E-state index contributed by atoms with van der Waals surface area (Å²) < 4.78 is 6.20. The first-order valence-corrected chi connectivity index (χ1v) is 8.52. The molecule has 0 saturated heterocycles. The standard InChI is InChI=1S/C15H24BrNOS/c1-12(2)6-9-19-15-10-14(16)5-4-13(15)11-17-7-8-18-3/h4-5,10,12,17H,6-9,11H2,1-3H3. The largest absolute Gasteiger partial charge is 0.383 e. The first-order chi connectivity index (χ1) is 9.13. The molecule has 0 amide bonds. The summed E-state index contributed by atoms with van der Waals surface area (Å²) in [5.74, 6) is 1.95. The lowest BCUT2D eigenvalue weighted by molar-refractivity contribution is 0.199. The second-order valence-electron chi connectivity index (χ2n) is 4.95. The molecular weight excluding hydrogens is 322 g/mol. The summed E-state index contributed by atoms with van der Waals surface area (Å²) in [6, 6.07) is 6.53. The van der Waals surface area contributed by atoms with Gasteiger partial charge in [-0.2, -0.15) is 0 Å². The van der Waals surface area contributed by atoms with Crippen LogP contribution in [0.3, 0.4) is 0 Å². The van der Waals surface area contributed by atoms with Crippen LogP contribution in [0.2, 0.25) is 0 Å². The number of benzene rings is 1. The molecule has 1 rings (SSSR count). The SMILES string of the molecule is COCCNCc1ccc(Br)cc1SCCC(C)C. The molecule has 0 aromatic heterocycles. The van der Waals surface area contributed by atoms with Gasteiger partial charge in [-0.3, -0.25) is 0 Å². The zero-order chi connectivity index (χ0) is 14.1. The molecule has 0 saturated carbocycles. The van der Waals surface area contributed by atoms with Crippen LogP contribution < -0.4 is 5.32 Å². The van der Waals surface area contributed by atoms with E-state index in [-0.39, 0.29) is 0 Å². The van der Waals surface area contributed by atoms with Gasteiger partial charge in [0.2, 0.25) is 0 Å². The van der Waals surface area contributed by atoms with Crippen molar-refractivity contribution >= 4 is 27.7 Å². The third kappa shape index (κ3) is 7.35. The lowest BCUT2D eigenvalue weighted by atomic mass is 10.2. The van der Waals surface area contributed by atoms with E-state index >= 15 is 0 Å². The number of thioether (sulfide) groups is 1. The Morgan fingerprint density at radius 2 is 2.16 bits per heavy atom. The Hall–Kier alpha value is -0.0300. The van der Waals surface area contributed by atoms with Crippen LogP contribution in [-0.2, 0) is 11.3 Å². The van der Waals surface area contributed by atoms with Gasteiger partial charge in [-0.25, -0.2) is 0 Å². The lowest BCUT2D eigenvalue weighted by Crippen LogP contribution is -2.18. The topological polar surface area (TPSA) is 21.3 Å². The van der Waals surface area contributed by atoms with E-state index in [1.54, 1.807) is 7.11 Å². The summed E-state index contributed by atoms with van der Waals surface area (Å²) in [5.41, 5.74) is 1.37. The zero-order valence-corrected chi connectivity index (χ0v) is 14.4. The van der Waals surface area contributed by atoms with Crippen molar-refractivity contribution in [1.29, 1.82) is 0 Å². The predicted octanol–water partition coefficient (Wildman–Crippen LogP) is 4.32. The summed E-state index contributed by atoms with van der Waals surface area (Å²) in [5, 5.41) is 3.41. The van der Waals surface area contributed by atoms with E-state index in [1.807, 2.05) is 11.8 Å². The van der Waals surface area contributed by atoms with Crippen molar-refractivity contribution in [2.45, 2.75) is 31.7 Å². The van der Waals surface area contributed by atoms with Gasteiger partial charge in [0.25, 0.3) is 0 Å². The van der Waals surface area contributed by atoms with Crippen molar-refractivity contribution in [3.8, 4) is 0 Å². The number of halogens is 1. The van der Waals surface area contributed by atoms with E-state index in [2.05, 4.69) is 53.3 Å². The smallest absolute Gasteiger partial charge is 0.0587 e. The average Bonchev–Trinajstić information content (AvgIpc) is 2.36. The number of nitrogens with one attached hydrogen (secondary N) is 1. The molecule has 0 bridgehead atoms. The summed E-state index contributed by atoms with van der Waals surface area (Å²) in [7, 11) is 1.73. The second kappa shape index (κ2) is 9.81. The van der Waals surface area contributed by atoms with E-state index in [0.717, 1.165) is 30.1 Å². The van der Waals surface area contributed by atoms with E-state index in [0.29, 0.717) is 0 Å². The maximum absolute atomic E-state index is 5.05. The van der Waals surface area contributed by atoms with Crippen LogP contribution in [0.5, 0.6) is 0 Å². The van der Waals surface area contributed by atoms with E-state index in [9.17, 15) is 0 Å². The molecule has 0 radical (unpaired) electrons. The number of rotatable bonds is 9. The van der Waals surface area contributed by atoms with Gasteiger partial charge in [-0.1, -0.05) is 35.8 Å². The molecule has 1 aromatic carbocycles. The van der Waals surface area contributed by atoms with Crippen LogP contribution in [0.4, 0.5) is 0 Å². The predicted molar refractivity (Wildman–Crippen MR) is 87.9 cm³/mol. The van der Waals surface area contributed by atoms with Crippen molar-refractivity contribution in [3.05, 3.63) is 28.2 Å². The third-order valence-electron chi connectivity index (χ3n) is 2.78. The molecule has 0 aliphatic rings. The summed E-state index contributed by atoms with van der Waals surface area (Å²) in [6.45, 7) is 7.10. The Morgan fingerprint density at radius 3 is 2.84 bits per heavy atom. The van der Waals surface area contributed by atoms with Gasteiger partial charge < -0.3 is 10.1 Å². The van der Waals surface area contributed by atoms with Crippen molar-refractivity contribution in [2.24, 2.45) is 5.92 Å². The Balaban J connectivity index is 2.53. The van der Waals surface area contributed by atoms with Gasteiger partial charge in [0.05, 0.1) is 6.61 Å². The fourth-order valence-corrected chi connectivity index (χ4v) is 3.47. The average molecular weight is 346 g/mol. The lowest BCUT2D eigenvalue weighted by Gasteiger charge is -2.11. The van der Waals surface area contributed by atoms with Crippen LogP contribution in [0.25, 0.3) is 0 Å². The minimum Gasteiger partial charge on any atom is -0.383 e. The molecule has 4 heteroatoms. The highest BCUT2D eigenvalue weighted by atomic mass is 79.9. The Morgan fingerprint density at radius 1 is 1.37 bits per heavy atom. The Labute approximate surface area is 129 Å². The van der Waals surface area contributed by atoms with Crippen LogP contribution in [0.1, 0.15) is 25.8 Å². The number of ether oxygens (including phenoxy) is 1. The van der Waals surface area contributed by atoms with Crippen molar-refractivity contribution in [3.63, 3.8) is 0 Å². The first kappa shape index (κ1) is 17.0. The Bertz CT molecular complexity index is 371. The zero-order valence-electron chi connectivity index (χ0n) is 12.0. The van der Waals surface area contributed by atoms with Crippen molar-refractivity contribution in [2.75, 3.05) is 26.0 Å². The van der Waals surface area contributed by atoms with Gasteiger partial charge in [0.1, 0.15) is 0 Å². The van der Waals surface area contributed by atoms with Crippen LogP contribution in [0.15, 0.2) is 27.6 Å². The minimum absolute atomic E-state index is 0.756. The highest BCUT2D eigenvalue weighted by Crippen LogP contribution is 2.27. The van der Waals surface area contributed by atoms with Gasteiger partial charge in [-0.15, -0.1) is 11.8 Å². The quantitative estimate of drug-likeness (QED) is 0.531. The van der Waals surface area contributed by atoms with Crippen LogP contribution in [0, 0.1) is 5.92 Å². The maximum Gasteiger partial charge on any atom is 0.0587 e. The van der Waals surface area contributed by atoms with Gasteiger partial charge >= 0.3 is 0 Å².